The fourth-order valence-electron chi connectivity index (χ4n) is 3.28. The Morgan fingerprint density at radius 3 is 2.72 bits per heavy atom. The first-order valence-electron chi connectivity index (χ1n) is 9.31. The first kappa shape index (κ1) is 19.5. The van der Waals surface area contributed by atoms with Gasteiger partial charge >= 0.3 is 6.03 Å². The summed E-state index contributed by atoms with van der Waals surface area (Å²) < 4.78 is 1.85. The van der Waals surface area contributed by atoms with Gasteiger partial charge in [0, 0.05) is 42.5 Å². The molecule has 1 fully saturated rings. The number of likely N-dealkylation sites (tertiary alicyclic amines) is 1. The van der Waals surface area contributed by atoms with E-state index in [2.05, 4.69) is 15.6 Å². The standard InChI is InChI=1S/C20H20ClN5O2S/c21-18-16(26-12-13-29-20(26)24-18)6-7-17(27)22-15-8-10-25(11-9-15)19(28)23-14-4-2-1-3-5-14/h1-7,12-13,15H,8-11H2,(H,22,27)(H,23,28)/b7-6+. The number of para-hydroxylation sites is 1. The molecule has 0 aliphatic carbocycles. The van der Waals surface area contributed by atoms with E-state index in [-0.39, 0.29) is 18.0 Å². The number of carbonyl (C=O) groups is 2. The topological polar surface area (TPSA) is 78.7 Å². The van der Waals surface area contributed by atoms with E-state index < -0.39 is 0 Å². The largest absolute Gasteiger partial charge is 0.350 e. The Kier molecular flexibility index (Phi) is 5.82. The Hall–Kier alpha value is -2.84. The van der Waals surface area contributed by atoms with Crippen LogP contribution in [0.5, 0.6) is 0 Å². The summed E-state index contributed by atoms with van der Waals surface area (Å²) in [7, 11) is 0. The van der Waals surface area contributed by atoms with E-state index in [9.17, 15) is 9.59 Å². The molecule has 0 unspecified atom stereocenters. The number of hydrogen-bond donors (Lipinski definition) is 2. The van der Waals surface area contributed by atoms with Crippen molar-refractivity contribution in [2.45, 2.75) is 18.9 Å². The Morgan fingerprint density at radius 2 is 1.97 bits per heavy atom. The molecule has 0 radical (unpaired) electrons. The van der Waals surface area contributed by atoms with Gasteiger partial charge in [-0.15, -0.1) is 11.3 Å². The molecule has 0 spiro atoms. The molecule has 4 rings (SSSR count). The maximum Gasteiger partial charge on any atom is 0.321 e. The number of imidazole rings is 1. The molecule has 0 atom stereocenters. The first-order valence-corrected chi connectivity index (χ1v) is 10.6. The Balaban J connectivity index is 1.27. The zero-order valence-corrected chi connectivity index (χ0v) is 17.1. The molecule has 29 heavy (non-hydrogen) atoms. The van der Waals surface area contributed by atoms with Gasteiger partial charge in [0.2, 0.25) is 5.91 Å². The van der Waals surface area contributed by atoms with Gasteiger partial charge in [0.1, 0.15) is 0 Å². The Labute approximate surface area is 177 Å². The number of anilines is 1. The highest BCUT2D eigenvalue weighted by atomic mass is 35.5. The van der Waals surface area contributed by atoms with Gasteiger partial charge in [-0.25, -0.2) is 9.78 Å². The number of benzene rings is 1. The molecule has 2 aromatic heterocycles. The van der Waals surface area contributed by atoms with Gasteiger partial charge in [0.05, 0.1) is 5.69 Å². The van der Waals surface area contributed by atoms with Crippen molar-refractivity contribution in [1.29, 1.82) is 0 Å². The summed E-state index contributed by atoms with van der Waals surface area (Å²) in [5.41, 5.74) is 1.46. The second kappa shape index (κ2) is 8.67. The highest BCUT2D eigenvalue weighted by Gasteiger charge is 2.23. The molecule has 3 heterocycles. The number of rotatable bonds is 4. The summed E-state index contributed by atoms with van der Waals surface area (Å²) >= 11 is 7.62. The number of piperidine rings is 1. The Bertz CT molecular complexity index is 1040. The lowest BCUT2D eigenvalue weighted by Gasteiger charge is -2.32. The van der Waals surface area contributed by atoms with Crippen LogP contribution >= 0.6 is 22.9 Å². The number of aromatic nitrogens is 2. The number of nitrogens with zero attached hydrogens (tertiary/aromatic N) is 3. The van der Waals surface area contributed by atoms with Gasteiger partial charge in [-0.2, -0.15) is 0 Å². The van der Waals surface area contributed by atoms with Crippen molar-refractivity contribution in [3.8, 4) is 0 Å². The molecule has 9 heteroatoms. The normalized spacial score (nSPS) is 15.1. The van der Waals surface area contributed by atoms with Crippen molar-refractivity contribution in [3.05, 3.63) is 58.8 Å². The van der Waals surface area contributed by atoms with Gasteiger partial charge in [-0.1, -0.05) is 29.8 Å². The van der Waals surface area contributed by atoms with Gasteiger partial charge in [-0.3, -0.25) is 9.20 Å². The van der Waals surface area contributed by atoms with E-state index in [1.807, 2.05) is 46.3 Å². The highest BCUT2D eigenvalue weighted by molar-refractivity contribution is 7.15. The molecule has 1 saturated heterocycles. The maximum atomic E-state index is 12.3. The maximum absolute atomic E-state index is 12.3. The van der Waals surface area contributed by atoms with E-state index in [0.717, 1.165) is 10.6 Å². The molecule has 7 nitrogen and oxygen atoms in total. The molecule has 2 N–H and O–H groups in total. The predicted molar refractivity (Wildman–Crippen MR) is 115 cm³/mol. The van der Waals surface area contributed by atoms with Crippen LogP contribution in [-0.2, 0) is 4.79 Å². The van der Waals surface area contributed by atoms with Crippen LogP contribution in [0.1, 0.15) is 18.5 Å². The highest BCUT2D eigenvalue weighted by Crippen LogP contribution is 2.22. The summed E-state index contributed by atoms with van der Waals surface area (Å²) in [5, 5.41) is 8.18. The van der Waals surface area contributed by atoms with Crippen molar-refractivity contribution >= 4 is 51.6 Å². The number of carbonyl (C=O) groups excluding carboxylic acids is 2. The fraction of sp³-hybridized carbons (Fsp3) is 0.250. The molecule has 3 aromatic rings. The quantitative estimate of drug-likeness (QED) is 0.618. The van der Waals surface area contributed by atoms with E-state index in [1.165, 1.54) is 17.4 Å². The van der Waals surface area contributed by atoms with Gasteiger partial charge in [0.25, 0.3) is 0 Å². The van der Waals surface area contributed by atoms with Crippen LogP contribution < -0.4 is 10.6 Å². The smallest absolute Gasteiger partial charge is 0.321 e. The second-order valence-corrected chi connectivity index (χ2v) is 7.97. The monoisotopic (exact) mass is 429 g/mol. The number of halogens is 1. The minimum atomic E-state index is -0.182. The van der Waals surface area contributed by atoms with Crippen LogP contribution in [0.4, 0.5) is 10.5 Å². The number of urea groups is 1. The summed E-state index contributed by atoms with van der Waals surface area (Å²) in [5.74, 6) is -0.182. The third kappa shape index (κ3) is 4.60. The van der Waals surface area contributed by atoms with Crippen molar-refractivity contribution < 1.29 is 9.59 Å². The van der Waals surface area contributed by atoms with Crippen LogP contribution in [0, 0.1) is 0 Å². The summed E-state index contributed by atoms with van der Waals surface area (Å²) in [6.07, 6.45) is 6.44. The fourth-order valence-corrected chi connectivity index (χ4v) is 4.29. The number of hydrogen-bond acceptors (Lipinski definition) is 4. The first-order chi connectivity index (χ1) is 14.1. The van der Waals surface area contributed by atoms with E-state index >= 15 is 0 Å². The second-order valence-electron chi connectivity index (χ2n) is 6.74. The lowest BCUT2D eigenvalue weighted by molar-refractivity contribution is -0.117. The average molecular weight is 430 g/mol. The number of amides is 3. The van der Waals surface area contributed by atoms with Gasteiger partial charge in [0.15, 0.2) is 10.1 Å². The van der Waals surface area contributed by atoms with Crippen molar-refractivity contribution in [2.75, 3.05) is 18.4 Å². The average Bonchev–Trinajstić information content (AvgIpc) is 3.28. The number of nitrogens with one attached hydrogen (secondary N) is 2. The summed E-state index contributed by atoms with van der Waals surface area (Å²) in [6, 6.07) is 9.30. The predicted octanol–water partition coefficient (Wildman–Crippen LogP) is 3.88. The minimum Gasteiger partial charge on any atom is -0.350 e. The number of thiazole rings is 1. The molecular weight excluding hydrogens is 410 g/mol. The third-order valence-electron chi connectivity index (χ3n) is 4.80. The molecule has 1 aliphatic rings. The lowest BCUT2D eigenvalue weighted by atomic mass is 10.1. The molecule has 1 aliphatic heterocycles. The van der Waals surface area contributed by atoms with Crippen LogP contribution in [-0.4, -0.2) is 45.4 Å². The molecule has 3 amide bonds. The number of fused-ring (bicyclic) bond motifs is 1. The van der Waals surface area contributed by atoms with Crippen LogP contribution in [0.25, 0.3) is 11.0 Å². The van der Waals surface area contributed by atoms with Crippen LogP contribution in [0.2, 0.25) is 5.15 Å². The Morgan fingerprint density at radius 1 is 1.21 bits per heavy atom. The molecular formula is C20H20ClN5O2S. The van der Waals surface area contributed by atoms with Gasteiger partial charge < -0.3 is 15.5 Å². The lowest BCUT2D eigenvalue weighted by Crippen LogP contribution is -2.47. The SMILES string of the molecule is O=C(/C=C/c1c(Cl)nc2sccn12)NC1CCN(C(=O)Nc2ccccc2)CC1. The summed E-state index contributed by atoms with van der Waals surface area (Å²) in [6.45, 7) is 1.19. The van der Waals surface area contributed by atoms with E-state index in [4.69, 9.17) is 11.6 Å². The third-order valence-corrected chi connectivity index (χ3v) is 5.84. The van der Waals surface area contributed by atoms with Crippen molar-refractivity contribution in [3.63, 3.8) is 0 Å². The zero-order valence-electron chi connectivity index (χ0n) is 15.5. The minimum absolute atomic E-state index is 0.0370. The van der Waals surface area contributed by atoms with E-state index in [1.54, 1.807) is 11.0 Å². The molecule has 150 valence electrons. The molecule has 0 bridgehead atoms. The van der Waals surface area contributed by atoms with Crippen LogP contribution in [0.3, 0.4) is 0 Å². The van der Waals surface area contributed by atoms with Crippen LogP contribution in [0.15, 0.2) is 48.0 Å². The molecule has 1 aromatic carbocycles. The van der Waals surface area contributed by atoms with Crippen molar-refractivity contribution in [2.24, 2.45) is 0 Å². The zero-order chi connectivity index (χ0) is 20.2. The van der Waals surface area contributed by atoms with E-state index in [0.29, 0.717) is 36.8 Å². The van der Waals surface area contributed by atoms with Crippen molar-refractivity contribution in [1.82, 2.24) is 19.6 Å². The molecule has 0 saturated carbocycles. The summed E-state index contributed by atoms with van der Waals surface area (Å²) in [4.78, 5) is 31.4. The van der Waals surface area contributed by atoms with Gasteiger partial charge in [-0.05, 0) is 31.1 Å².